The molecule has 2 amide bonds. The number of carbonyl (C=O) groups excluding carboxylic acids is 1. The van der Waals surface area contributed by atoms with Crippen molar-refractivity contribution in [3.05, 3.63) is 11.6 Å². The standard InChI is InChI=1S/C11H16N2O3S/c1-8-3-2-4-12(5-8)11(16)13-7-17-6-9(13)10(14)15/h3,9H,2,4-7H2,1H3,(H,14,15). The van der Waals surface area contributed by atoms with Crippen molar-refractivity contribution < 1.29 is 14.7 Å². The van der Waals surface area contributed by atoms with Crippen LogP contribution in [0, 0.1) is 0 Å². The summed E-state index contributed by atoms with van der Waals surface area (Å²) in [5.74, 6) is 0.0614. The molecule has 0 radical (unpaired) electrons. The summed E-state index contributed by atoms with van der Waals surface area (Å²) in [6.07, 6.45) is 2.98. The molecule has 0 aromatic rings. The van der Waals surface area contributed by atoms with Crippen LogP contribution in [0.5, 0.6) is 0 Å². The summed E-state index contributed by atoms with van der Waals surface area (Å²) in [6.45, 7) is 3.29. The number of carbonyl (C=O) groups is 2. The molecule has 6 heteroatoms. The number of aliphatic carboxylic acids is 1. The number of urea groups is 1. The molecule has 1 saturated heterocycles. The van der Waals surface area contributed by atoms with Gasteiger partial charge in [0.1, 0.15) is 6.04 Å². The fourth-order valence-electron chi connectivity index (χ4n) is 2.09. The predicted molar refractivity (Wildman–Crippen MR) is 65.9 cm³/mol. The summed E-state index contributed by atoms with van der Waals surface area (Å²) >= 11 is 1.49. The van der Waals surface area contributed by atoms with E-state index in [0.717, 1.165) is 6.42 Å². The van der Waals surface area contributed by atoms with E-state index in [9.17, 15) is 9.59 Å². The molecule has 0 spiro atoms. The zero-order valence-corrected chi connectivity index (χ0v) is 10.6. The molecule has 2 aliphatic heterocycles. The molecule has 2 heterocycles. The van der Waals surface area contributed by atoms with E-state index >= 15 is 0 Å². The van der Waals surface area contributed by atoms with Gasteiger partial charge in [-0.15, -0.1) is 11.8 Å². The zero-order valence-electron chi connectivity index (χ0n) is 9.76. The fraction of sp³-hybridized carbons (Fsp3) is 0.636. The Bertz CT molecular complexity index is 370. The van der Waals surface area contributed by atoms with Gasteiger partial charge in [0, 0.05) is 18.8 Å². The second kappa shape index (κ2) is 5.00. The highest BCUT2D eigenvalue weighted by Gasteiger charge is 2.36. The van der Waals surface area contributed by atoms with Gasteiger partial charge in [-0.2, -0.15) is 0 Å². The van der Waals surface area contributed by atoms with Crippen LogP contribution >= 0.6 is 11.8 Å². The zero-order chi connectivity index (χ0) is 12.4. The molecule has 1 N–H and O–H groups in total. The highest BCUT2D eigenvalue weighted by molar-refractivity contribution is 7.99. The van der Waals surface area contributed by atoms with Crippen molar-refractivity contribution >= 4 is 23.8 Å². The third-order valence-electron chi connectivity index (χ3n) is 3.02. The summed E-state index contributed by atoms with van der Waals surface area (Å²) in [4.78, 5) is 26.4. The van der Waals surface area contributed by atoms with Crippen molar-refractivity contribution in [3.63, 3.8) is 0 Å². The Morgan fingerprint density at radius 3 is 2.94 bits per heavy atom. The molecule has 0 aromatic heterocycles. The molecule has 17 heavy (non-hydrogen) atoms. The van der Waals surface area contributed by atoms with Crippen molar-refractivity contribution in [1.82, 2.24) is 9.80 Å². The SMILES string of the molecule is CC1=CCCN(C(=O)N2CSCC2C(=O)O)C1. The monoisotopic (exact) mass is 256 g/mol. The van der Waals surface area contributed by atoms with Crippen LogP contribution in [-0.4, -0.2) is 57.7 Å². The summed E-state index contributed by atoms with van der Waals surface area (Å²) in [5, 5.41) is 9.05. The summed E-state index contributed by atoms with van der Waals surface area (Å²) in [7, 11) is 0. The van der Waals surface area contributed by atoms with Gasteiger partial charge >= 0.3 is 12.0 Å². The average Bonchev–Trinajstić information content (AvgIpc) is 2.77. The third-order valence-corrected chi connectivity index (χ3v) is 4.03. The van der Waals surface area contributed by atoms with Gasteiger partial charge in [0.05, 0.1) is 5.88 Å². The minimum atomic E-state index is -0.910. The first kappa shape index (κ1) is 12.3. The highest BCUT2D eigenvalue weighted by Crippen LogP contribution is 2.23. The van der Waals surface area contributed by atoms with Crippen LogP contribution in [0.4, 0.5) is 4.79 Å². The molecular formula is C11H16N2O3S. The highest BCUT2D eigenvalue weighted by atomic mass is 32.2. The summed E-state index contributed by atoms with van der Waals surface area (Å²) in [6, 6.07) is -0.812. The normalized spacial score (nSPS) is 24.8. The van der Waals surface area contributed by atoms with Crippen molar-refractivity contribution in [3.8, 4) is 0 Å². The first-order valence-corrected chi connectivity index (χ1v) is 6.77. The number of rotatable bonds is 1. The number of nitrogens with zero attached hydrogens (tertiary/aromatic N) is 2. The van der Waals surface area contributed by atoms with Crippen LogP contribution in [0.15, 0.2) is 11.6 Å². The minimum Gasteiger partial charge on any atom is -0.480 e. The second-order valence-electron chi connectivity index (χ2n) is 4.37. The average molecular weight is 256 g/mol. The molecule has 0 saturated carbocycles. The Hall–Kier alpha value is -1.17. The van der Waals surface area contributed by atoms with Crippen LogP contribution in [-0.2, 0) is 4.79 Å². The van der Waals surface area contributed by atoms with Crippen LogP contribution in [0.2, 0.25) is 0 Å². The van der Waals surface area contributed by atoms with E-state index in [1.807, 2.05) is 6.92 Å². The largest absolute Gasteiger partial charge is 0.480 e. The van der Waals surface area contributed by atoms with E-state index in [1.54, 1.807) is 4.90 Å². The quantitative estimate of drug-likeness (QED) is 0.717. The van der Waals surface area contributed by atoms with Gasteiger partial charge in [-0.25, -0.2) is 9.59 Å². The Morgan fingerprint density at radius 1 is 1.53 bits per heavy atom. The topological polar surface area (TPSA) is 60.9 Å². The Morgan fingerprint density at radius 2 is 2.29 bits per heavy atom. The van der Waals surface area contributed by atoms with Crippen molar-refractivity contribution in [1.29, 1.82) is 0 Å². The lowest BCUT2D eigenvalue weighted by molar-refractivity contribution is -0.140. The molecule has 5 nitrogen and oxygen atoms in total. The fourth-order valence-corrected chi connectivity index (χ4v) is 3.23. The van der Waals surface area contributed by atoms with Crippen molar-refractivity contribution in [2.75, 3.05) is 24.7 Å². The smallest absolute Gasteiger partial charge is 0.327 e. The Labute approximate surface area is 104 Å². The Balaban J connectivity index is 2.04. The lowest BCUT2D eigenvalue weighted by Gasteiger charge is -2.31. The predicted octanol–water partition coefficient (Wildman–Crippen LogP) is 1.22. The van der Waals surface area contributed by atoms with Crippen LogP contribution in [0.3, 0.4) is 0 Å². The summed E-state index contributed by atoms with van der Waals surface area (Å²) < 4.78 is 0. The number of carboxylic acids is 1. The van der Waals surface area contributed by atoms with Crippen LogP contribution in [0.1, 0.15) is 13.3 Å². The minimum absolute atomic E-state index is 0.144. The van der Waals surface area contributed by atoms with E-state index in [0.29, 0.717) is 24.7 Å². The van der Waals surface area contributed by atoms with Crippen molar-refractivity contribution in [2.24, 2.45) is 0 Å². The molecule has 1 atom stereocenters. The van der Waals surface area contributed by atoms with Gasteiger partial charge in [0.25, 0.3) is 0 Å². The first-order valence-electron chi connectivity index (χ1n) is 5.61. The third kappa shape index (κ3) is 2.57. The molecule has 1 fully saturated rings. The van der Waals surface area contributed by atoms with Crippen LogP contribution in [0.25, 0.3) is 0 Å². The molecule has 0 aromatic carbocycles. The van der Waals surface area contributed by atoms with E-state index in [1.165, 1.54) is 22.2 Å². The molecule has 2 aliphatic rings. The van der Waals surface area contributed by atoms with E-state index in [-0.39, 0.29) is 6.03 Å². The van der Waals surface area contributed by atoms with Gasteiger partial charge < -0.3 is 14.9 Å². The van der Waals surface area contributed by atoms with E-state index in [2.05, 4.69) is 6.08 Å². The maximum atomic E-state index is 12.2. The number of hydrogen-bond donors (Lipinski definition) is 1. The van der Waals surface area contributed by atoms with Crippen LogP contribution < -0.4 is 0 Å². The van der Waals surface area contributed by atoms with Crippen molar-refractivity contribution in [2.45, 2.75) is 19.4 Å². The summed E-state index contributed by atoms with van der Waals surface area (Å²) in [5.41, 5.74) is 1.17. The second-order valence-corrected chi connectivity index (χ2v) is 5.37. The number of hydrogen-bond acceptors (Lipinski definition) is 3. The first-order chi connectivity index (χ1) is 8.09. The molecule has 1 unspecified atom stereocenters. The maximum Gasteiger partial charge on any atom is 0.327 e. The lowest BCUT2D eigenvalue weighted by Crippen LogP contribution is -2.50. The molecule has 2 rings (SSSR count). The maximum absolute atomic E-state index is 12.2. The van der Waals surface area contributed by atoms with Gasteiger partial charge in [0.15, 0.2) is 0 Å². The molecular weight excluding hydrogens is 240 g/mol. The van der Waals surface area contributed by atoms with Gasteiger partial charge in [-0.1, -0.05) is 11.6 Å². The molecule has 0 bridgehead atoms. The molecule has 94 valence electrons. The van der Waals surface area contributed by atoms with E-state index in [4.69, 9.17) is 5.11 Å². The number of carboxylic acid groups (broad SMARTS) is 1. The number of thioether (sulfide) groups is 1. The van der Waals surface area contributed by atoms with Gasteiger partial charge in [-0.05, 0) is 13.3 Å². The molecule has 0 aliphatic carbocycles. The van der Waals surface area contributed by atoms with E-state index < -0.39 is 12.0 Å². The number of amides is 2. The lowest BCUT2D eigenvalue weighted by atomic mass is 10.1. The van der Waals surface area contributed by atoms with Gasteiger partial charge in [-0.3, -0.25) is 0 Å². The van der Waals surface area contributed by atoms with Gasteiger partial charge in [0.2, 0.25) is 0 Å². The Kier molecular flexibility index (Phi) is 3.61.